The highest BCUT2D eigenvalue weighted by atomic mass is 14.9. The Hall–Kier alpha value is -0.960. The molecule has 1 aromatic rings. The highest BCUT2D eigenvalue weighted by molar-refractivity contribution is 5.01. The second-order valence-corrected chi connectivity index (χ2v) is 2.13. The topological polar surface area (TPSA) is 51.8 Å². The van der Waals surface area contributed by atoms with Crippen LogP contribution in [0, 0.1) is 6.92 Å². The molecule has 0 aliphatic carbocycles. The van der Waals surface area contributed by atoms with E-state index in [4.69, 9.17) is 5.73 Å². The lowest BCUT2D eigenvalue weighted by molar-refractivity contribution is 0.888. The van der Waals surface area contributed by atoms with Gasteiger partial charge in [-0.05, 0) is 19.5 Å². The van der Waals surface area contributed by atoms with Gasteiger partial charge in [0.1, 0.15) is 5.82 Å². The predicted molar refractivity (Wildman–Crippen MR) is 39.5 cm³/mol. The molecule has 10 heavy (non-hydrogen) atoms. The number of rotatable bonds is 2. The van der Waals surface area contributed by atoms with Crippen molar-refractivity contribution >= 4 is 0 Å². The SMILES string of the molecule is Cc1nccc(CCN)n1. The van der Waals surface area contributed by atoms with Gasteiger partial charge in [0, 0.05) is 18.3 Å². The average Bonchev–Trinajstić information content (AvgIpc) is 1.88. The van der Waals surface area contributed by atoms with E-state index in [1.165, 1.54) is 0 Å². The van der Waals surface area contributed by atoms with Crippen molar-refractivity contribution in [2.24, 2.45) is 5.73 Å². The van der Waals surface area contributed by atoms with Gasteiger partial charge in [-0.2, -0.15) is 0 Å². The highest BCUT2D eigenvalue weighted by Gasteiger charge is 1.91. The van der Waals surface area contributed by atoms with Crippen molar-refractivity contribution in [1.29, 1.82) is 0 Å². The molecule has 0 aliphatic heterocycles. The third kappa shape index (κ3) is 1.77. The smallest absolute Gasteiger partial charge is 0.125 e. The number of aryl methyl sites for hydroxylation is 1. The summed E-state index contributed by atoms with van der Waals surface area (Å²) in [7, 11) is 0. The molecule has 2 N–H and O–H groups in total. The lowest BCUT2D eigenvalue weighted by Crippen LogP contribution is -2.05. The average molecular weight is 137 g/mol. The van der Waals surface area contributed by atoms with Crippen LogP contribution in [-0.2, 0) is 6.42 Å². The Morgan fingerprint density at radius 1 is 1.60 bits per heavy atom. The van der Waals surface area contributed by atoms with Crippen LogP contribution in [-0.4, -0.2) is 16.5 Å². The van der Waals surface area contributed by atoms with Gasteiger partial charge in [-0.25, -0.2) is 9.97 Å². The van der Waals surface area contributed by atoms with Gasteiger partial charge >= 0.3 is 0 Å². The Labute approximate surface area is 60.3 Å². The van der Waals surface area contributed by atoms with Gasteiger partial charge in [-0.15, -0.1) is 0 Å². The van der Waals surface area contributed by atoms with E-state index in [1.807, 2.05) is 13.0 Å². The fourth-order valence-corrected chi connectivity index (χ4v) is 0.792. The quantitative estimate of drug-likeness (QED) is 0.637. The van der Waals surface area contributed by atoms with Gasteiger partial charge in [0.25, 0.3) is 0 Å². The minimum Gasteiger partial charge on any atom is -0.330 e. The summed E-state index contributed by atoms with van der Waals surface area (Å²) in [5.74, 6) is 0.811. The number of hydrogen-bond donors (Lipinski definition) is 1. The summed E-state index contributed by atoms with van der Waals surface area (Å²) in [6.07, 6.45) is 2.59. The summed E-state index contributed by atoms with van der Waals surface area (Å²) < 4.78 is 0. The van der Waals surface area contributed by atoms with Crippen molar-refractivity contribution in [3.8, 4) is 0 Å². The molecule has 54 valence electrons. The number of hydrogen-bond acceptors (Lipinski definition) is 3. The Balaban J connectivity index is 2.75. The van der Waals surface area contributed by atoms with Gasteiger partial charge in [0.05, 0.1) is 0 Å². The predicted octanol–water partition coefficient (Wildman–Crippen LogP) is 0.286. The van der Waals surface area contributed by atoms with Crippen LogP contribution in [0.15, 0.2) is 12.3 Å². The largest absolute Gasteiger partial charge is 0.330 e. The number of nitrogens with zero attached hydrogens (tertiary/aromatic N) is 2. The van der Waals surface area contributed by atoms with Gasteiger partial charge in [-0.1, -0.05) is 0 Å². The molecule has 0 unspecified atom stereocenters. The van der Waals surface area contributed by atoms with Crippen molar-refractivity contribution < 1.29 is 0 Å². The Kier molecular flexibility index (Phi) is 2.34. The van der Waals surface area contributed by atoms with E-state index in [0.29, 0.717) is 6.54 Å². The summed E-state index contributed by atoms with van der Waals surface area (Å²) in [4.78, 5) is 8.14. The van der Waals surface area contributed by atoms with Gasteiger partial charge < -0.3 is 5.73 Å². The van der Waals surface area contributed by atoms with Crippen LogP contribution in [0.4, 0.5) is 0 Å². The van der Waals surface area contributed by atoms with Crippen LogP contribution < -0.4 is 5.73 Å². The molecule has 0 aliphatic rings. The van der Waals surface area contributed by atoms with E-state index in [1.54, 1.807) is 6.20 Å². The van der Waals surface area contributed by atoms with Gasteiger partial charge in [0.15, 0.2) is 0 Å². The Morgan fingerprint density at radius 3 is 3.00 bits per heavy atom. The zero-order valence-corrected chi connectivity index (χ0v) is 6.04. The van der Waals surface area contributed by atoms with E-state index in [9.17, 15) is 0 Å². The van der Waals surface area contributed by atoms with Crippen LogP contribution in [0.3, 0.4) is 0 Å². The lowest BCUT2D eigenvalue weighted by atomic mass is 10.3. The molecule has 0 amide bonds. The molecule has 0 saturated heterocycles. The maximum absolute atomic E-state index is 5.35. The number of aromatic nitrogens is 2. The van der Waals surface area contributed by atoms with Crippen LogP contribution in [0.2, 0.25) is 0 Å². The summed E-state index contributed by atoms with van der Waals surface area (Å²) in [6.45, 7) is 2.52. The van der Waals surface area contributed by atoms with Crippen LogP contribution >= 0.6 is 0 Å². The molecule has 0 aromatic carbocycles. The minimum absolute atomic E-state index is 0.649. The van der Waals surface area contributed by atoms with E-state index in [0.717, 1.165) is 17.9 Å². The van der Waals surface area contributed by atoms with Crippen molar-refractivity contribution in [2.75, 3.05) is 6.54 Å². The van der Waals surface area contributed by atoms with Gasteiger partial charge in [-0.3, -0.25) is 0 Å². The molecule has 0 radical (unpaired) electrons. The van der Waals surface area contributed by atoms with Crippen molar-refractivity contribution in [3.63, 3.8) is 0 Å². The van der Waals surface area contributed by atoms with E-state index in [-0.39, 0.29) is 0 Å². The van der Waals surface area contributed by atoms with Crippen molar-refractivity contribution in [3.05, 3.63) is 23.8 Å². The summed E-state index contributed by atoms with van der Waals surface area (Å²) >= 11 is 0. The molecule has 3 heteroatoms. The number of nitrogens with two attached hydrogens (primary N) is 1. The second kappa shape index (κ2) is 3.27. The van der Waals surface area contributed by atoms with E-state index < -0.39 is 0 Å². The zero-order chi connectivity index (χ0) is 7.40. The lowest BCUT2D eigenvalue weighted by Gasteiger charge is -1.96. The molecule has 1 aromatic heterocycles. The van der Waals surface area contributed by atoms with Crippen LogP contribution in [0.1, 0.15) is 11.5 Å². The maximum atomic E-state index is 5.35. The first-order chi connectivity index (χ1) is 4.83. The maximum Gasteiger partial charge on any atom is 0.125 e. The van der Waals surface area contributed by atoms with E-state index >= 15 is 0 Å². The molecular weight excluding hydrogens is 126 g/mol. The third-order valence-electron chi connectivity index (χ3n) is 1.23. The Morgan fingerprint density at radius 2 is 2.40 bits per heavy atom. The fourth-order valence-electron chi connectivity index (χ4n) is 0.792. The fraction of sp³-hybridized carbons (Fsp3) is 0.429. The monoisotopic (exact) mass is 137 g/mol. The molecule has 0 saturated carbocycles. The Bertz CT molecular complexity index is 210. The molecular formula is C7H11N3. The van der Waals surface area contributed by atoms with Crippen molar-refractivity contribution in [2.45, 2.75) is 13.3 Å². The molecule has 3 nitrogen and oxygen atoms in total. The molecule has 0 fully saturated rings. The van der Waals surface area contributed by atoms with Crippen LogP contribution in [0.25, 0.3) is 0 Å². The van der Waals surface area contributed by atoms with Gasteiger partial charge in [0.2, 0.25) is 0 Å². The highest BCUT2D eigenvalue weighted by Crippen LogP contribution is 1.93. The second-order valence-electron chi connectivity index (χ2n) is 2.13. The first kappa shape index (κ1) is 7.15. The van der Waals surface area contributed by atoms with Crippen molar-refractivity contribution in [1.82, 2.24) is 9.97 Å². The normalized spacial score (nSPS) is 9.80. The first-order valence-corrected chi connectivity index (χ1v) is 3.31. The molecule has 0 bridgehead atoms. The summed E-state index contributed by atoms with van der Waals surface area (Å²) in [5, 5.41) is 0. The van der Waals surface area contributed by atoms with Crippen LogP contribution in [0.5, 0.6) is 0 Å². The third-order valence-corrected chi connectivity index (χ3v) is 1.23. The zero-order valence-electron chi connectivity index (χ0n) is 6.04. The van der Waals surface area contributed by atoms with E-state index in [2.05, 4.69) is 9.97 Å². The minimum atomic E-state index is 0.649. The molecule has 1 rings (SSSR count). The molecule has 0 atom stereocenters. The molecule has 0 spiro atoms. The summed E-state index contributed by atoms with van der Waals surface area (Å²) in [5.41, 5.74) is 6.37. The summed E-state index contributed by atoms with van der Waals surface area (Å²) in [6, 6.07) is 1.89. The standard InChI is InChI=1S/C7H11N3/c1-6-9-5-3-7(10-6)2-4-8/h3,5H,2,4,8H2,1H3. The molecule has 1 heterocycles. The first-order valence-electron chi connectivity index (χ1n) is 3.31.